The summed E-state index contributed by atoms with van der Waals surface area (Å²) in [7, 11) is 1.80. The molecule has 0 bridgehead atoms. The van der Waals surface area contributed by atoms with Crippen LogP contribution in [0.15, 0.2) is 24.5 Å². The van der Waals surface area contributed by atoms with E-state index in [-0.39, 0.29) is 5.95 Å². The van der Waals surface area contributed by atoms with E-state index in [4.69, 9.17) is 0 Å². The normalized spacial score (nSPS) is 11.6. The minimum absolute atomic E-state index is 0.0306. The molecule has 8 heteroatoms. The van der Waals surface area contributed by atoms with Crippen LogP contribution in [0, 0.1) is 0 Å². The Labute approximate surface area is 107 Å². The standard InChI is InChI=1S/C11H12F3N5/c1-19-8(3-7-17-19)2-5-15-10-16-6-4-9(18-10)11(12,13)14/h3-4,6-7H,2,5H2,1H3,(H,15,16,18). The van der Waals surface area contributed by atoms with Crippen molar-refractivity contribution in [2.75, 3.05) is 11.9 Å². The molecular formula is C11H12F3N5. The quantitative estimate of drug-likeness (QED) is 0.922. The first-order valence-corrected chi connectivity index (χ1v) is 5.58. The first-order chi connectivity index (χ1) is 8.97. The monoisotopic (exact) mass is 271 g/mol. The van der Waals surface area contributed by atoms with Crippen LogP contribution >= 0.6 is 0 Å². The van der Waals surface area contributed by atoms with Crippen molar-refractivity contribution in [3.63, 3.8) is 0 Å². The molecule has 0 saturated heterocycles. The van der Waals surface area contributed by atoms with Crippen molar-refractivity contribution in [3.8, 4) is 0 Å². The van der Waals surface area contributed by atoms with Crippen LogP contribution in [0.4, 0.5) is 19.1 Å². The van der Waals surface area contributed by atoms with Gasteiger partial charge in [-0.2, -0.15) is 18.3 Å². The summed E-state index contributed by atoms with van der Waals surface area (Å²) in [4.78, 5) is 7.17. The Balaban J connectivity index is 1.95. The third-order valence-electron chi connectivity index (χ3n) is 2.53. The van der Waals surface area contributed by atoms with Crippen LogP contribution < -0.4 is 5.32 Å². The third kappa shape index (κ3) is 3.43. The Morgan fingerprint density at radius 2 is 2.05 bits per heavy atom. The van der Waals surface area contributed by atoms with Gasteiger partial charge >= 0.3 is 6.18 Å². The van der Waals surface area contributed by atoms with E-state index < -0.39 is 11.9 Å². The van der Waals surface area contributed by atoms with Gasteiger partial charge in [0.05, 0.1) is 0 Å². The minimum atomic E-state index is -4.46. The molecule has 5 nitrogen and oxygen atoms in total. The predicted octanol–water partition coefficient (Wildman–Crippen LogP) is 1.88. The molecular weight excluding hydrogens is 259 g/mol. The molecule has 0 saturated carbocycles. The molecule has 0 unspecified atom stereocenters. The molecule has 0 fully saturated rings. The number of rotatable bonds is 4. The fraction of sp³-hybridized carbons (Fsp3) is 0.364. The van der Waals surface area contributed by atoms with Crippen molar-refractivity contribution in [1.29, 1.82) is 0 Å². The van der Waals surface area contributed by atoms with Crippen molar-refractivity contribution < 1.29 is 13.2 Å². The van der Waals surface area contributed by atoms with Gasteiger partial charge in [0.25, 0.3) is 0 Å². The van der Waals surface area contributed by atoms with E-state index in [0.29, 0.717) is 13.0 Å². The second-order valence-corrected chi connectivity index (χ2v) is 3.89. The zero-order valence-electron chi connectivity index (χ0n) is 10.1. The van der Waals surface area contributed by atoms with Gasteiger partial charge in [0.2, 0.25) is 5.95 Å². The zero-order chi connectivity index (χ0) is 13.9. The average Bonchev–Trinajstić information content (AvgIpc) is 2.75. The first kappa shape index (κ1) is 13.3. The van der Waals surface area contributed by atoms with Crippen LogP contribution in [-0.2, 0) is 19.6 Å². The van der Waals surface area contributed by atoms with Crippen molar-refractivity contribution in [2.45, 2.75) is 12.6 Å². The summed E-state index contributed by atoms with van der Waals surface area (Å²) in [5.41, 5.74) is 0.0185. The fourth-order valence-electron chi connectivity index (χ4n) is 1.55. The molecule has 2 rings (SSSR count). The third-order valence-corrected chi connectivity index (χ3v) is 2.53. The lowest BCUT2D eigenvalue weighted by molar-refractivity contribution is -0.141. The topological polar surface area (TPSA) is 55.6 Å². The van der Waals surface area contributed by atoms with Gasteiger partial charge in [0.1, 0.15) is 5.69 Å². The lowest BCUT2D eigenvalue weighted by Gasteiger charge is -2.08. The van der Waals surface area contributed by atoms with E-state index in [1.807, 2.05) is 6.07 Å². The highest BCUT2D eigenvalue weighted by atomic mass is 19.4. The highest BCUT2D eigenvalue weighted by Crippen LogP contribution is 2.27. The summed E-state index contributed by atoms with van der Waals surface area (Å²) < 4.78 is 39.0. The Bertz CT molecular complexity index is 549. The van der Waals surface area contributed by atoms with Crippen molar-refractivity contribution in [3.05, 3.63) is 35.9 Å². The molecule has 102 valence electrons. The predicted molar refractivity (Wildman–Crippen MR) is 62.4 cm³/mol. The number of hydrogen-bond acceptors (Lipinski definition) is 4. The number of nitrogens with zero attached hydrogens (tertiary/aromatic N) is 4. The van der Waals surface area contributed by atoms with Crippen LogP contribution in [0.2, 0.25) is 0 Å². The summed E-state index contributed by atoms with van der Waals surface area (Å²) in [6.07, 6.45) is -1.09. The van der Waals surface area contributed by atoms with Crippen LogP contribution in [0.3, 0.4) is 0 Å². The molecule has 0 atom stereocenters. The summed E-state index contributed by atoms with van der Waals surface area (Å²) >= 11 is 0. The average molecular weight is 271 g/mol. The van der Waals surface area contributed by atoms with Crippen molar-refractivity contribution in [2.24, 2.45) is 7.05 Å². The molecule has 2 aromatic heterocycles. The maximum atomic E-state index is 12.4. The van der Waals surface area contributed by atoms with Gasteiger partial charge < -0.3 is 5.32 Å². The largest absolute Gasteiger partial charge is 0.433 e. The lowest BCUT2D eigenvalue weighted by Crippen LogP contribution is -2.14. The van der Waals surface area contributed by atoms with E-state index in [9.17, 15) is 13.2 Å². The second-order valence-electron chi connectivity index (χ2n) is 3.89. The molecule has 2 aromatic rings. The van der Waals surface area contributed by atoms with Crippen LogP contribution in [0.25, 0.3) is 0 Å². The molecule has 0 aliphatic carbocycles. The number of alkyl halides is 3. The van der Waals surface area contributed by atoms with Crippen molar-refractivity contribution >= 4 is 5.95 Å². The van der Waals surface area contributed by atoms with Crippen LogP contribution in [0.5, 0.6) is 0 Å². The van der Waals surface area contributed by atoms with Crippen molar-refractivity contribution in [1.82, 2.24) is 19.7 Å². The first-order valence-electron chi connectivity index (χ1n) is 5.58. The minimum Gasteiger partial charge on any atom is -0.354 e. The summed E-state index contributed by atoms with van der Waals surface area (Å²) in [5, 5.41) is 6.76. The van der Waals surface area contributed by atoms with Crippen LogP contribution in [-0.4, -0.2) is 26.3 Å². The molecule has 0 radical (unpaired) electrons. The van der Waals surface area contributed by atoms with Gasteiger partial charge in [-0.05, 0) is 12.1 Å². The maximum absolute atomic E-state index is 12.4. The van der Waals surface area contributed by atoms with Gasteiger partial charge in [-0.25, -0.2) is 9.97 Å². The second kappa shape index (κ2) is 5.25. The van der Waals surface area contributed by atoms with Gasteiger partial charge in [-0.15, -0.1) is 0 Å². The summed E-state index contributed by atoms with van der Waals surface area (Å²) in [5.74, 6) is -0.0306. The number of aromatic nitrogens is 4. The molecule has 1 N–H and O–H groups in total. The molecule has 0 aromatic carbocycles. The Hall–Kier alpha value is -2.12. The SMILES string of the molecule is Cn1nccc1CCNc1nccc(C(F)(F)F)n1. The van der Waals surface area contributed by atoms with Gasteiger partial charge in [0.15, 0.2) is 0 Å². The number of hydrogen-bond donors (Lipinski definition) is 1. The van der Waals surface area contributed by atoms with E-state index in [1.165, 1.54) is 0 Å². The summed E-state index contributed by atoms with van der Waals surface area (Å²) in [6.45, 7) is 0.431. The Morgan fingerprint density at radius 1 is 1.26 bits per heavy atom. The summed E-state index contributed by atoms with van der Waals surface area (Å²) in [6, 6.07) is 2.68. The molecule has 0 aliphatic rings. The van der Waals surface area contributed by atoms with Gasteiger partial charge in [-0.1, -0.05) is 0 Å². The number of anilines is 1. The molecule has 2 heterocycles. The number of halogens is 3. The molecule has 19 heavy (non-hydrogen) atoms. The number of nitrogens with one attached hydrogen (secondary N) is 1. The zero-order valence-corrected chi connectivity index (χ0v) is 10.1. The Morgan fingerprint density at radius 3 is 2.68 bits per heavy atom. The lowest BCUT2D eigenvalue weighted by atomic mass is 10.3. The molecule has 0 aliphatic heterocycles. The Kier molecular flexibility index (Phi) is 3.68. The van der Waals surface area contributed by atoms with Crippen LogP contribution in [0.1, 0.15) is 11.4 Å². The van der Waals surface area contributed by atoms with Gasteiger partial charge in [0, 0.05) is 38.1 Å². The highest BCUT2D eigenvalue weighted by molar-refractivity contribution is 5.26. The maximum Gasteiger partial charge on any atom is 0.433 e. The van der Waals surface area contributed by atoms with E-state index in [2.05, 4.69) is 20.4 Å². The highest BCUT2D eigenvalue weighted by Gasteiger charge is 2.32. The molecule has 0 spiro atoms. The molecule has 0 amide bonds. The van der Waals surface area contributed by atoms with Gasteiger partial charge in [-0.3, -0.25) is 4.68 Å². The fourth-order valence-corrected chi connectivity index (χ4v) is 1.55. The van der Waals surface area contributed by atoms with E-state index >= 15 is 0 Å². The van der Waals surface area contributed by atoms with E-state index in [1.54, 1.807) is 17.9 Å². The smallest absolute Gasteiger partial charge is 0.354 e. The number of aryl methyl sites for hydroxylation is 1. The van der Waals surface area contributed by atoms with E-state index in [0.717, 1.165) is 18.0 Å².